The minimum atomic E-state index is -5.20. The quantitative estimate of drug-likeness (QED) is 0.318. The van der Waals surface area contributed by atoms with Crippen LogP contribution in [0.15, 0.2) is 36.4 Å². The third kappa shape index (κ3) is 6.66. The van der Waals surface area contributed by atoms with Gasteiger partial charge in [0.1, 0.15) is 0 Å². The van der Waals surface area contributed by atoms with Crippen LogP contribution in [0.3, 0.4) is 0 Å². The van der Waals surface area contributed by atoms with Gasteiger partial charge in [0.2, 0.25) is 0 Å². The van der Waals surface area contributed by atoms with Gasteiger partial charge in [-0.15, -0.1) is 12.4 Å². The first kappa shape index (κ1) is 26.4. The van der Waals surface area contributed by atoms with Gasteiger partial charge in [0.15, 0.2) is 0 Å². The van der Waals surface area contributed by atoms with E-state index in [9.17, 15) is 52.7 Å². The lowest BCUT2D eigenvalue weighted by atomic mass is 10.1. The van der Waals surface area contributed by atoms with E-state index in [-0.39, 0.29) is 48.8 Å². The minimum absolute atomic E-state index is 0. The Bertz CT molecular complexity index is 755. The van der Waals surface area contributed by atoms with Crippen LogP contribution in [-0.4, -0.2) is 0 Å². The molecule has 0 saturated heterocycles. The lowest BCUT2D eigenvalue weighted by Crippen LogP contribution is -2.18. The maximum Gasteiger partial charge on any atom is 0.416 e. The molecule has 0 unspecified atom stereocenters. The third-order valence-corrected chi connectivity index (χ3v) is 4.62. The Balaban J connectivity index is 0.00000450. The molecule has 0 nitrogen and oxygen atoms in total. The van der Waals surface area contributed by atoms with Crippen LogP contribution in [0.4, 0.5) is 52.7 Å². The summed E-state index contributed by atoms with van der Waals surface area (Å²) >= 11 is 0. The Morgan fingerprint density at radius 2 is 0.600 bits per heavy atom. The van der Waals surface area contributed by atoms with Gasteiger partial charge in [-0.25, -0.2) is 0 Å². The maximum atomic E-state index is 12.9. The molecule has 0 fully saturated rings. The molecule has 0 aliphatic heterocycles. The molecule has 0 bridgehead atoms. The Labute approximate surface area is 168 Å². The fourth-order valence-corrected chi connectivity index (χ4v) is 3.46. The highest BCUT2D eigenvalue weighted by atomic mass is 35.5. The van der Waals surface area contributed by atoms with Crippen molar-refractivity contribution in [2.45, 2.75) is 24.7 Å². The van der Waals surface area contributed by atoms with E-state index in [0.717, 1.165) is 0 Å². The molecular formula is C16H8ClF12P. The van der Waals surface area contributed by atoms with E-state index in [1.54, 1.807) is 0 Å². The fraction of sp³-hybridized carbons (Fsp3) is 0.250. The van der Waals surface area contributed by atoms with Crippen molar-refractivity contribution < 1.29 is 52.7 Å². The summed E-state index contributed by atoms with van der Waals surface area (Å²) in [6.45, 7) is 0. The topological polar surface area (TPSA) is 0 Å². The molecule has 0 aromatic heterocycles. The number of rotatable bonds is 2. The van der Waals surface area contributed by atoms with E-state index >= 15 is 0 Å². The standard InChI is InChI=1S/C16H7F12P.ClH/c17-13(18,19)7-1-8(14(20,21)22)4-11(3-7)29-12-5-9(15(23,24)25)2-10(6-12)16(26,27)28;/h1-6,29H;1H. The molecule has 30 heavy (non-hydrogen) atoms. The fourth-order valence-electron chi connectivity index (χ4n) is 2.22. The molecule has 0 aliphatic carbocycles. The van der Waals surface area contributed by atoms with Gasteiger partial charge < -0.3 is 0 Å². The van der Waals surface area contributed by atoms with Crippen molar-refractivity contribution in [3.05, 3.63) is 58.7 Å². The number of alkyl halides is 12. The molecule has 0 spiro atoms. The zero-order valence-electron chi connectivity index (χ0n) is 13.9. The van der Waals surface area contributed by atoms with Crippen molar-refractivity contribution in [2.75, 3.05) is 0 Å². The lowest BCUT2D eigenvalue weighted by molar-refractivity contribution is -0.144. The van der Waals surface area contributed by atoms with Gasteiger partial charge in [-0.3, -0.25) is 0 Å². The molecule has 168 valence electrons. The monoisotopic (exact) mass is 494 g/mol. The van der Waals surface area contributed by atoms with Gasteiger partial charge in [-0.1, -0.05) is 8.58 Å². The summed E-state index contributed by atoms with van der Waals surface area (Å²) in [5, 5.41) is -1.45. The summed E-state index contributed by atoms with van der Waals surface area (Å²) in [6, 6.07) is 0.618. The van der Waals surface area contributed by atoms with E-state index < -0.39 is 66.1 Å². The molecule has 0 heterocycles. The number of hydrogen-bond donors (Lipinski definition) is 0. The Hall–Kier alpha value is -1.68. The number of hydrogen-bond acceptors (Lipinski definition) is 0. The molecular weight excluding hydrogens is 487 g/mol. The van der Waals surface area contributed by atoms with Crippen LogP contribution in [0.5, 0.6) is 0 Å². The van der Waals surface area contributed by atoms with E-state index in [1.165, 1.54) is 0 Å². The summed E-state index contributed by atoms with van der Waals surface area (Å²) in [5.41, 5.74) is -6.90. The summed E-state index contributed by atoms with van der Waals surface area (Å²) in [4.78, 5) is 0. The van der Waals surface area contributed by atoms with E-state index in [4.69, 9.17) is 0 Å². The highest BCUT2D eigenvalue weighted by Gasteiger charge is 2.38. The minimum Gasteiger partial charge on any atom is -0.166 e. The van der Waals surface area contributed by atoms with Gasteiger partial charge in [0.05, 0.1) is 22.3 Å². The smallest absolute Gasteiger partial charge is 0.166 e. The van der Waals surface area contributed by atoms with Crippen LogP contribution in [0.2, 0.25) is 0 Å². The molecule has 0 saturated carbocycles. The molecule has 0 aliphatic rings. The van der Waals surface area contributed by atoms with Gasteiger partial charge in [0, 0.05) is 0 Å². The van der Waals surface area contributed by atoms with Crippen molar-refractivity contribution in [3.63, 3.8) is 0 Å². The van der Waals surface area contributed by atoms with Crippen LogP contribution in [0.25, 0.3) is 0 Å². The van der Waals surface area contributed by atoms with Crippen molar-refractivity contribution >= 4 is 31.6 Å². The Morgan fingerprint density at radius 3 is 0.767 bits per heavy atom. The third-order valence-electron chi connectivity index (χ3n) is 3.46. The van der Waals surface area contributed by atoms with Gasteiger partial charge in [0.25, 0.3) is 0 Å². The van der Waals surface area contributed by atoms with Crippen molar-refractivity contribution in [1.29, 1.82) is 0 Å². The molecule has 0 amide bonds. The highest BCUT2D eigenvalue weighted by Crippen LogP contribution is 2.38. The first-order valence-electron chi connectivity index (χ1n) is 7.23. The summed E-state index contributed by atoms with van der Waals surface area (Å²) in [7, 11) is -1.32. The Kier molecular flexibility index (Phi) is 7.43. The van der Waals surface area contributed by atoms with Gasteiger partial charge in [-0.05, 0) is 47.0 Å². The first-order valence-corrected chi connectivity index (χ1v) is 8.23. The summed E-state index contributed by atoms with van der Waals surface area (Å²) in [5.74, 6) is 0. The second kappa shape index (κ2) is 8.45. The predicted molar refractivity (Wildman–Crippen MR) is 87.7 cm³/mol. The van der Waals surface area contributed by atoms with Crippen LogP contribution in [-0.2, 0) is 24.7 Å². The van der Waals surface area contributed by atoms with Gasteiger partial charge >= 0.3 is 24.7 Å². The lowest BCUT2D eigenvalue weighted by Gasteiger charge is -2.16. The Morgan fingerprint density at radius 1 is 0.400 bits per heavy atom. The maximum absolute atomic E-state index is 12.9. The summed E-state index contributed by atoms with van der Waals surface area (Å²) < 4.78 is 154. The van der Waals surface area contributed by atoms with E-state index in [2.05, 4.69) is 0 Å². The largest absolute Gasteiger partial charge is 0.416 e. The molecule has 2 aromatic carbocycles. The second-order valence-electron chi connectivity index (χ2n) is 5.71. The van der Waals surface area contributed by atoms with Crippen LogP contribution in [0, 0.1) is 0 Å². The van der Waals surface area contributed by atoms with Crippen molar-refractivity contribution in [1.82, 2.24) is 0 Å². The highest BCUT2D eigenvalue weighted by molar-refractivity contribution is 7.55. The van der Waals surface area contributed by atoms with E-state index in [0.29, 0.717) is 0 Å². The number of benzene rings is 2. The molecule has 14 heteroatoms. The molecule has 0 atom stereocenters. The average Bonchev–Trinajstić information content (AvgIpc) is 2.51. The average molecular weight is 495 g/mol. The van der Waals surface area contributed by atoms with Crippen LogP contribution in [0.1, 0.15) is 22.3 Å². The van der Waals surface area contributed by atoms with Crippen LogP contribution >= 0.6 is 21.0 Å². The second-order valence-corrected chi connectivity index (χ2v) is 7.12. The predicted octanol–water partition coefficient (Wildman–Crippen LogP) is 6.81. The normalized spacial score (nSPS) is 13.2. The zero-order valence-corrected chi connectivity index (χ0v) is 15.7. The van der Waals surface area contributed by atoms with Crippen molar-refractivity contribution in [2.24, 2.45) is 0 Å². The number of halogens is 13. The molecule has 2 aromatic rings. The van der Waals surface area contributed by atoms with Crippen LogP contribution < -0.4 is 10.6 Å². The van der Waals surface area contributed by atoms with E-state index in [1.807, 2.05) is 0 Å². The SMILES string of the molecule is Cl.FC(F)(F)c1cc(Pc2cc(C(F)(F)F)cc(C(F)(F)F)c2)cc(C(F)(F)F)c1. The van der Waals surface area contributed by atoms with Gasteiger partial charge in [-0.2, -0.15) is 52.7 Å². The zero-order chi connectivity index (χ0) is 22.4. The first-order chi connectivity index (χ1) is 12.9. The molecule has 2 rings (SSSR count). The molecule has 0 N–H and O–H groups in total. The van der Waals surface area contributed by atoms with Crippen molar-refractivity contribution in [3.8, 4) is 0 Å². The molecule has 0 radical (unpaired) electrons. The summed E-state index contributed by atoms with van der Waals surface area (Å²) in [6.07, 6.45) is -20.8.